The lowest BCUT2D eigenvalue weighted by atomic mass is 10.1. The molecule has 0 spiro atoms. The van der Waals surface area contributed by atoms with Gasteiger partial charge >= 0.3 is 0 Å². The second-order valence-electron chi connectivity index (χ2n) is 4.36. The largest absolute Gasteiger partial charge is 0.345 e. The second kappa shape index (κ2) is 5.10. The third-order valence-corrected chi connectivity index (χ3v) is 3.72. The molecule has 2 rings (SSSR count). The summed E-state index contributed by atoms with van der Waals surface area (Å²) in [5, 5.41) is 2.62. The van der Waals surface area contributed by atoms with E-state index < -0.39 is 6.04 Å². The molecule has 0 radical (unpaired) electrons. The molecule has 1 unspecified atom stereocenters. The molecule has 1 saturated heterocycles. The summed E-state index contributed by atoms with van der Waals surface area (Å²) in [5.41, 5.74) is 1.82. The van der Waals surface area contributed by atoms with Crippen LogP contribution in [-0.2, 0) is 9.59 Å². The van der Waals surface area contributed by atoms with E-state index in [-0.39, 0.29) is 18.4 Å². The minimum Gasteiger partial charge on any atom is -0.345 e. The first-order valence-electron chi connectivity index (χ1n) is 5.90. The molecule has 0 aliphatic carbocycles. The number of piperazine rings is 1. The van der Waals surface area contributed by atoms with Gasteiger partial charge in [-0.05, 0) is 47.0 Å². The molecule has 0 bridgehead atoms. The Morgan fingerprint density at radius 2 is 2.17 bits per heavy atom. The van der Waals surface area contributed by atoms with E-state index in [2.05, 4.69) is 21.2 Å². The van der Waals surface area contributed by atoms with Crippen molar-refractivity contribution >= 4 is 33.4 Å². The van der Waals surface area contributed by atoms with Gasteiger partial charge in [-0.2, -0.15) is 0 Å². The number of hydrogen-bond donors (Lipinski definition) is 1. The van der Waals surface area contributed by atoms with E-state index in [0.29, 0.717) is 6.42 Å². The van der Waals surface area contributed by atoms with E-state index in [1.54, 1.807) is 4.90 Å². The number of rotatable bonds is 2. The zero-order valence-electron chi connectivity index (χ0n) is 10.4. The van der Waals surface area contributed by atoms with Crippen molar-refractivity contribution in [3.8, 4) is 0 Å². The maximum atomic E-state index is 12.1. The van der Waals surface area contributed by atoms with Crippen LogP contribution in [0.1, 0.15) is 18.9 Å². The Kier molecular flexibility index (Phi) is 3.71. The third-order valence-electron chi connectivity index (χ3n) is 3.04. The molecular formula is C13H15BrN2O2. The number of nitrogens with zero attached hydrogens (tertiary/aromatic N) is 1. The lowest BCUT2D eigenvalue weighted by Crippen LogP contribution is -2.58. The first kappa shape index (κ1) is 13.1. The molecule has 1 fully saturated rings. The predicted octanol–water partition coefficient (Wildman–Crippen LogP) is 2.00. The third kappa shape index (κ3) is 2.27. The molecule has 1 aliphatic heterocycles. The van der Waals surface area contributed by atoms with Crippen molar-refractivity contribution in [2.75, 3.05) is 11.4 Å². The maximum absolute atomic E-state index is 12.1. The number of halogens is 1. The molecule has 4 nitrogen and oxygen atoms in total. The molecule has 1 aliphatic rings. The first-order valence-corrected chi connectivity index (χ1v) is 6.69. The van der Waals surface area contributed by atoms with E-state index >= 15 is 0 Å². The fourth-order valence-corrected chi connectivity index (χ4v) is 2.57. The number of anilines is 1. The highest BCUT2D eigenvalue weighted by atomic mass is 79.9. The minimum absolute atomic E-state index is 0.0652. The lowest BCUT2D eigenvalue weighted by molar-refractivity contribution is -0.131. The SMILES string of the molecule is CCC1C(=O)NCC(=O)N1c1cc(C)ccc1Br. The number of benzene rings is 1. The summed E-state index contributed by atoms with van der Waals surface area (Å²) in [6.07, 6.45) is 0.595. The topological polar surface area (TPSA) is 49.4 Å². The van der Waals surface area contributed by atoms with Crippen LogP contribution < -0.4 is 10.2 Å². The normalized spacial score (nSPS) is 19.9. The van der Waals surface area contributed by atoms with E-state index in [9.17, 15) is 9.59 Å². The molecule has 0 aromatic heterocycles. The summed E-state index contributed by atoms with van der Waals surface area (Å²) < 4.78 is 0.828. The summed E-state index contributed by atoms with van der Waals surface area (Å²) in [4.78, 5) is 25.5. The summed E-state index contributed by atoms with van der Waals surface area (Å²) >= 11 is 3.44. The van der Waals surface area contributed by atoms with E-state index in [1.807, 2.05) is 32.0 Å². The van der Waals surface area contributed by atoms with Gasteiger partial charge in [-0.25, -0.2) is 0 Å². The van der Waals surface area contributed by atoms with Gasteiger partial charge in [-0.15, -0.1) is 0 Å². The molecule has 1 aromatic carbocycles. The van der Waals surface area contributed by atoms with Gasteiger partial charge in [0.25, 0.3) is 0 Å². The molecule has 5 heteroatoms. The Hall–Kier alpha value is -1.36. The van der Waals surface area contributed by atoms with Gasteiger partial charge in [0.15, 0.2) is 0 Å². The Balaban J connectivity index is 2.47. The van der Waals surface area contributed by atoms with Crippen LogP contribution in [0.25, 0.3) is 0 Å². The Morgan fingerprint density at radius 3 is 2.83 bits per heavy atom. The molecule has 1 N–H and O–H groups in total. The van der Waals surface area contributed by atoms with Gasteiger partial charge in [0.2, 0.25) is 11.8 Å². The molecule has 18 heavy (non-hydrogen) atoms. The van der Waals surface area contributed by atoms with E-state index in [1.165, 1.54) is 0 Å². The van der Waals surface area contributed by atoms with E-state index in [0.717, 1.165) is 15.7 Å². The second-order valence-corrected chi connectivity index (χ2v) is 5.21. The molecule has 1 atom stereocenters. The van der Waals surface area contributed by atoms with Crippen LogP contribution >= 0.6 is 15.9 Å². The van der Waals surface area contributed by atoms with Crippen molar-refractivity contribution in [2.24, 2.45) is 0 Å². The van der Waals surface area contributed by atoms with Crippen molar-refractivity contribution in [1.29, 1.82) is 0 Å². The van der Waals surface area contributed by atoms with Crippen molar-refractivity contribution in [1.82, 2.24) is 5.32 Å². The van der Waals surface area contributed by atoms with Gasteiger partial charge in [-0.3, -0.25) is 14.5 Å². The number of hydrogen-bond acceptors (Lipinski definition) is 2. The average Bonchev–Trinajstić information content (AvgIpc) is 2.35. The highest BCUT2D eigenvalue weighted by molar-refractivity contribution is 9.10. The number of aryl methyl sites for hydroxylation is 1. The average molecular weight is 311 g/mol. The number of carbonyl (C=O) groups excluding carboxylic acids is 2. The Labute approximate surface area is 114 Å². The first-order chi connectivity index (χ1) is 8.54. The molecule has 2 amide bonds. The number of amides is 2. The monoisotopic (exact) mass is 310 g/mol. The highest BCUT2D eigenvalue weighted by Crippen LogP contribution is 2.30. The van der Waals surface area contributed by atoms with Gasteiger partial charge in [0, 0.05) is 4.47 Å². The summed E-state index contributed by atoms with van der Waals surface area (Å²) in [6.45, 7) is 3.93. The fourth-order valence-electron chi connectivity index (χ4n) is 2.13. The zero-order valence-corrected chi connectivity index (χ0v) is 12.0. The van der Waals surface area contributed by atoms with Gasteiger partial charge < -0.3 is 5.32 Å². The summed E-state index contributed by atoms with van der Waals surface area (Å²) in [7, 11) is 0. The van der Waals surface area contributed by atoms with Crippen molar-refractivity contribution in [3.05, 3.63) is 28.2 Å². The van der Waals surface area contributed by atoms with Gasteiger partial charge in [0.05, 0.1) is 12.2 Å². The molecule has 96 valence electrons. The minimum atomic E-state index is -0.427. The molecule has 1 heterocycles. The van der Waals surface area contributed by atoms with Crippen LogP contribution in [0.4, 0.5) is 5.69 Å². The Bertz CT molecular complexity index is 502. The van der Waals surface area contributed by atoms with Crippen molar-refractivity contribution in [3.63, 3.8) is 0 Å². The van der Waals surface area contributed by atoms with Gasteiger partial charge in [-0.1, -0.05) is 13.0 Å². The van der Waals surface area contributed by atoms with E-state index in [4.69, 9.17) is 0 Å². The lowest BCUT2D eigenvalue weighted by Gasteiger charge is -2.35. The predicted molar refractivity (Wildman–Crippen MR) is 73.5 cm³/mol. The standard InChI is InChI=1S/C13H15BrN2O2/c1-3-10-13(18)15-7-12(17)16(10)11-6-8(2)4-5-9(11)14/h4-6,10H,3,7H2,1-2H3,(H,15,18). The van der Waals surface area contributed by atoms with Crippen LogP contribution in [0.3, 0.4) is 0 Å². The molecular weight excluding hydrogens is 296 g/mol. The van der Waals surface area contributed by atoms with Crippen LogP contribution in [-0.4, -0.2) is 24.4 Å². The highest BCUT2D eigenvalue weighted by Gasteiger charge is 2.35. The quantitative estimate of drug-likeness (QED) is 0.908. The van der Waals surface area contributed by atoms with Gasteiger partial charge in [0.1, 0.15) is 6.04 Å². The Morgan fingerprint density at radius 1 is 1.44 bits per heavy atom. The number of nitrogens with one attached hydrogen (secondary N) is 1. The van der Waals surface area contributed by atoms with Crippen LogP contribution in [0, 0.1) is 6.92 Å². The number of carbonyl (C=O) groups is 2. The van der Waals surface area contributed by atoms with Crippen LogP contribution in [0.2, 0.25) is 0 Å². The summed E-state index contributed by atoms with van der Waals surface area (Å²) in [5.74, 6) is -0.168. The summed E-state index contributed by atoms with van der Waals surface area (Å²) in [6, 6.07) is 5.35. The van der Waals surface area contributed by atoms with Crippen molar-refractivity contribution < 1.29 is 9.59 Å². The fraction of sp³-hybridized carbons (Fsp3) is 0.385. The maximum Gasteiger partial charge on any atom is 0.247 e. The molecule has 0 saturated carbocycles. The molecule has 1 aromatic rings. The van der Waals surface area contributed by atoms with Crippen LogP contribution in [0.15, 0.2) is 22.7 Å². The smallest absolute Gasteiger partial charge is 0.247 e. The van der Waals surface area contributed by atoms with Crippen LogP contribution in [0.5, 0.6) is 0 Å². The van der Waals surface area contributed by atoms with Crippen molar-refractivity contribution in [2.45, 2.75) is 26.3 Å². The zero-order chi connectivity index (χ0) is 13.3.